The number of nitrogens with one attached hydrogen (secondary N) is 1. The summed E-state index contributed by atoms with van der Waals surface area (Å²) in [5.74, 6) is 1.77. The van der Waals surface area contributed by atoms with Crippen LogP contribution in [0.25, 0.3) is 22.1 Å². The van der Waals surface area contributed by atoms with Gasteiger partial charge in [0.25, 0.3) is 0 Å². The molecule has 3 N–H and O–H groups in total. The van der Waals surface area contributed by atoms with Gasteiger partial charge in [0.05, 0.1) is 43.2 Å². The number of amides is 1. The Morgan fingerprint density at radius 3 is 1.71 bits per heavy atom. The Labute approximate surface area is 281 Å². The first-order chi connectivity index (χ1) is 23.2. The first-order valence-electron chi connectivity index (χ1n) is 15.9. The van der Waals surface area contributed by atoms with E-state index in [-0.39, 0.29) is 0 Å². The lowest BCUT2D eigenvalue weighted by atomic mass is 10.1. The van der Waals surface area contributed by atoms with Gasteiger partial charge >= 0.3 is 6.09 Å². The number of rotatable bonds is 9. The molecule has 0 aliphatic carbocycles. The van der Waals surface area contributed by atoms with Crippen LogP contribution in [0, 0.1) is 0 Å². The third-order valence-corrected chi connectivity index (χ3v) is 8.51. The van der Waals surface area contributed by atoms with Crippen LogP contribution in [0.1, 0.15) is 36.1 Å². The summed E-state index contributed by atoms with van der Waals surface area (Å²) < 4.78 is 8.60. The summed E-state index contributed by atoms with van der Waals surface area (Å²) in [4.78, 5) is 33.2. The van der Waals surface area contributed by atoms with Gasteiger partial charge in [0.1, 0.15) is 22.7 Å². The van der Waals surface area contributed by atoms with Gasteiger partial charge in [0.2, 0.25) is 0 Å². The summed E-state index contributed by atoms with van der Waals surface area (Å²) in [6, 6.07) is 16.6. The van der Waals surface area contributed by atoms with E-state index in [0.29, 0.717) is 13.1 Å². The van der Waals surface area contributed by atoms with E-state index in [1.807, 2.05) is 62.0 Å². The molecule has 12 nitrogen and oxygen atoms in total. The number of methoxy groups -OCH3 is 1. The zero-order chi connectivity index (χ0) is 34.4. The summed E-state index contributed by atoms with van der Waals surface area (Å²) in [6.45, 7) is 5.27. The first kappa shape index (κ1) is 33.9. The molecule has 6 rings (SSSR count). The van der Waals surface area contributed by atoms with E-state index in [0.717, 1.165) is 69.0 Å². The van der Waals surface area contributed by atoms with Crippen LogP contribution in [0.5, 0.6) is 0 Å². The van der Waals surface area contributed by atoms with Gasteiger partial charge < -0.3 is 34.7 Å². The molecule has 0 aliphatic rings. The number of aryl methyl sites for hydroxylation is 4. The highest BCUT2D eigenvalue weighted by molar-refractivity contribution is 5.80. The lowest BCUT2D eigenvalue weighted by Crippen LogP contribution is -2.22. The number of nitrogens with two attached hydrogens (primary N) is 1. The molecule has 48 heavy (non-hydrogen) atoms. The van der Waals surface area contributed by atoms with E-state index in [9.17, 15) is 4.79 Å². The van der Waals surface area contributed by atoms with Crippen LogP contribution < -0.4 is 20.9 Å². The van der Waals surface area contributed by atoms with E-state index in [4.69, 9.17) is 5.73 Å². The van der Waals surface area contributed by atoms with Gasteiger partial charge in [-0.1, -0.05) is 38.1 Å². The molecule has 0 radical (unpaired) electrons. The quantitative estimate of drug-likeness (QED) is 0.196. The second kappa shape index (κ2) is 14.9. The molecule has 0 saturated heterocycles. The van der Waals surface area contributed by atoms with Gasteiger partial charge in [-0.15, -0.1) is 0 Å². The molecule has 0 atom stereocenters. The fraction of sp³-hybridized carbons (Fsp3) is 0.306. The van der Waals surface area contributed by atoms with Crippen molar-refractivity contribution in [3.05, 3.63) is 95.8 Å². The van der Waals surface area contributed by atoms with E-state index in [2.05, 4.69) is 90.0 Å². The number of fused-ring (bicyclic) bond motifs is 2. The maximum atomic E-state index is 11.3. The predicted molar refractivity (Wildman–Crippen MR) is 192 cm³/mol. The minimum atomic E-state index is -0.432. The molecule has 0 unspecified atom stereocenters. The number of carbonyl (C=O) groups excluding carboxylic acids is 1. The Hall–Kier alpha value is -5.49. The van der Waals surface area contributed by atoms with Crippen molar-refractivity contribution in [1.82, 2.24) is 34.4 Å². The summed E-state index contributed by atoms with van der Waals surface area (Å²) in [5.41, 5.74) is 16.5. The van der Waals surface area contributed by atoms with Crippen LogP contribution in [-0.2, 0) is 44.8 Å². The minimum Gasteiger partial charge on any atom is -0.453 e. The molecular formula is C36H44N10O2. The molecule has 0 aliphatic heterocycles. The number of hydrogen-bond acceptors (Lipinski definition) is 9. The SMILES string of the molecule is CCc1cc(CN)ccc1N(C)c1cc2c(cn1)ncn2C.CCc1cc(CNC(=O)OC)ccc1N(C)c1cc2c(cn1)ncn2C. The normalized spacial score (nSPS) is 10.9. The van der Waals surface area contributed by atoms with E-state index in [1.54, 1.807) is 12.5 Å². The zero-order valence-corrected chi connectivity index (χ0v) is 28.7. The molecule has 4 aromatic heterocycles. The molecule has 250 valence electrons. The number of nitrogens with zero attached hydrogens (tertiary/aromatic N) is 8. The summed E-state index contributed by atoms with van der Waals surface area (Å²) in [5, 5.41) is 2.71. The van der Waals surface area contributed by atoms with Crippen molar-refractivity contribution in [1.29, 1.82) is 0 Å². The third-order valence-electron chi connectivity index (χ3n) is 8.51. The van der Waals surface area contributed by atoms with Crippen molar-refractivity contribution < 1.29 is 9.53 Å². The topological polar surface area (TPSA) is 132 Å². The highest BCUT2D eigenvalue weighted by Crippen LogP contribution is 2.30. The second-order valence-corrected chi connectivity index (χ2v) is 11.6. The largest absolute Gasteiger partial charge is 0.453 e. The summed E-state index contributed by atoms with van der Waals surface area (Å²) in [7, 11) is 9.37. The molecule has 0 bridgehead atoms. The average molecular weight is 649 g/mol. The number of pyridine rings is 2. The second-order valence-electron chi connectivity index (χ2n) is 11.6. The molecule has 2 aromatic carbocycles. The monoisotopic (exact) mass is 648 g/mol. The number of imidazole rings is 2. The van der Waals surface area contributed by atoms with E-state index >= 15 is 0 Å². The number of ether oxygens (including phenoxy) is 1. The Kier molecular flexibility index (Phi) is 10.5. The average Bonchev–Trinajstić information content (AvgIpc) is 3.70. The fourth-order valence-electron chi connectivity index (χ4n) is 5.64. The standard InChI is InChI=1S/C19H23N5O2.C17H21N5/c1-5-14-8-13(10-21-19(25)26-4)6-7-16(14)24(3)18-9-17-15(11-20-18)22-12-23(17)2;1-4-13-7-12(9-18)5-6-15(13)22(3)17-8-16-14(10-19-17)20-11-21(16)2/h6-9,11-12H,5,10H2,1-4H3,(H,21,25);5-8,10-11H,4,9,18H2,1-3H3. The molecule has 1 amide bonds. The zero-order valence-electron chi connectivity index (χ0n) is 28.7. The summed E-state index contributed by atoms with van der Waals surface area (Å²) in [6.07, 6.45) is 8.61. The van der Waals surface area contributed by atoms with E-state index < -0.39 is 6.09 Å². The number of benzene rings is 2. The fourth-order valence-corrected chi connectivity index (χ4v) is 5.64. The van der Waals surface area contributed by atoms with Gasteiger partial charge in [-0.25, -0.2) is 24.7 Å². The van der Waals surface area contributed by atoms with Crippen molar-refractivity contribution in [3.8, 4) is 0 Å². The van der Waals surface area contributed by atoms with Gasteiger partial charge in [0.15, 0.2) is 0 Å². The van der Waals surface area contributed by atoms with Crippen LogP contribution in [0.2, 0.25) is 0 Å². The number of alkyl carbamates (subject to hydrolysis) is 1. The minimum absolute atomic E-state index is 0.432. The number of carbonyl (C=O) groups is 1. The van der Waals surface area contributed by atoms with Crippen molar-refractivity contribution in [3.63, 3.8) is 0 Å². The molecule has 0 saturated carbocycles. The van der Waals surface area contributed by atoms with Crippen LogP contribution >= 0.6 is 0 Å². The Morgan fingerprint density at radius 2 is 1.25 bits per heavy atom. The smallest absolute Gasteiger partial charge is 0.407 e. The van der Waals surface area contributed by atoms with Gasteiger partial charge in [0, 0.05) is 64.8 Å². The first-order valence-corrected chi connectivity index (χ1v) is 15.9. The molecule has 0 fully saturated rings. The predicted octanol–water partition coefficient (Wildman–Crippen LogP) is 5.91. The van der Waals surface area contributed by atoms with Crippen LogP contribution in [-0.4, -0.2) is 56.4 Å². The Morgan fingerprint density at radius 1 is 0.771 bits per heavy atom. The Bertz CT molecular complexity index is 2030. The van der Waals surface area contributed by atoms with Crippen molar-refractivity contribution >= 4 is 51.2 Å². The third kappa shape index (κ3) is 7.23. The van der Waals surface area contributed by atoms with Crippen molar-refractivity contribution in [2.24, 2.45) is 19.8 Å². The van der Waals surface area contributed by atoms with Gasteiger partial charge in [-0.2, -0.15) is 0 Å². The highest BCUT2D eigenvalue weighted by atomic mass is 16.5. The molecule has 6 aromatic rings. The Balaban J connectivity index is 0.000000190. The number of aromatic nitrogens is 6. The van der Waals surface area contributed by atoms with Gasteiger partial charge in [-0.05, 0) is 47.2 Å². The molecule has 0 spiro atoms. The highest BCUT2D eigenvalue weighted by Gasteiger charge is 2.14. The van der Waals surface area contributed by atoms with Crippen molar-refractivity contribution in [2.45, 2.75) is 39.8 Å². The molecule has 4 heterocycles. The van der Waals surface area contributed by atoms with E-state index in [1.165, 1.54) is 18.2 Å². The van der Waals surface area contributed by atoms with Crippen molar-refractivity contribution in [2.75, 3.05) is 31.0 Å². The number of anilines is 4. The lowest BCUT2D eigenvalue weighted by Gasteiger charge is -2.22. The molecule has 12 heteroatoms. The summed E-state index contributed by atoms with van der Waals surface area (Å²) >= 11 is 0. The number of hydrogen-bond donors (Lipinski definition) is 2. The maximum Gasteiger partial charge on any atom is 0.407 e. The van der Waals surface area contributed by atoms with Gasteiger partial charge in [-0.3, -0.25) is 0 Å². The van der Waals surface area contributed by atoms with Crippen LogP contribution in [0.3, 0.4) is 0 Å². The van der Waals surface area contributed by atoms with Crippen LogP contribution in [0.15, 0.2) is 73.6 Å². The molecular weight excluding hydrogens is 604 g/mol. The maximum absolute atomic E-state index is 11.3. The lowest BCUT2D eigenvalue weighted by molar-refractivity contribution is 0.170. The van der Waals surface area contributed by atoms with Crippen LogP contribution in [0.4, 0.5) is 27.8 Å².